The average molecular weight is 377 g/mol. The summed E-state index contributed by atoms with van der Waals surface area (Å²) in [6.07, 6.45) is -0.869. The van der Waals surface area contributed by atoms with Gasteiger partial charge in [0.15, 0.2) is 5.78 Å². The summed E-state index contributed by atoms with van der Waals surface area (Å²) in [5, 5.41) is 4.16. The van der Waals surface area contributed by atoms with Gasteiger partial charge in [0, 0.05) is 38.1 Å². The zero-order chi connectivity index (χ0) is 19.8. The van der Waals surface area contributed by atoms with Crippen LogP contribution in [0, 0.1) is 5.82 Å². The lowest BCUT2D eigenvalue weighted by Gasteiger charge is -2.06. The molecule has 2 aromatic heterocycles. The maximum absolute atomic E-state index is 13.2. The van der Waals surface area contributed by atoms with Gasteiger partial charge in [-0.3, -0.25) is 4.79 Å². The second kappa shape index (κ2) is 6.86. The first kappa shape index (κ1) is 18.6. The minimum Gasteiger partial charge on any atom is -0.383 e. The molecule has 0 saturated carbocycles. The molecule has 0 amide bonds. The Morgan fingerprint density at radius 3 is 2.37 bits per heavy atom. The van der Waals surface area contributed by atoms with Crippen molar-refractivity contribution in [1.82, 2.24) is 14.5 Å². The van der Waals surface area contributed by atoms with Crippen LogP contribution in [0.4, 0.5) is 17.6 Å². The van der Waals surface area contributed by atoms with E-state index in [4.69, 9.17) is 0 Å². The standard InChI is InChI=1S/C19H15F4N3O/c1-25(2)10-9-16(27)17-15-8-5-13(19(21,22)23)11-26(15)24-18(17)12-3-6-14(20)7-4-12/h3-11H,1-2H3. The Morgan fingerprint density at radius 1 is 1.11 bits per heavy atom. The molecule has 27 heavy (non-hydrogen) atoms. The lowest BCUT2D eigenvalue weighted by molar-refractivity contribution is -0.137. The fraction of sp³-hybridized carbons (Fsp3) is 0.158. The summed E-state index contributed by atoms with van der Waals surface area (Å²) in [4.78, 5) is 14.4. The molecule has 1 aromatic carbocycles. The number of alkyl halides is 3. The summed E-state index contributed by atoms with van der Waals surface area (Å²) >= 11 is 0. The van der Waals surface area contributed by atoms with Gasteiger partial charge in [0.25, 0.3) is 0 Å². The van der Waals surface area contributed by atoms with Crippen molar-refractivity contribution in [2.75, 3.05) is 14.1 Å². The Labute approximate surface area is 152 Å². The van der Waals surface area contributed by atoms with Gasteiger partial charge in [-0.15, -0.1) is 0 Å². The zero-order valence-electron chi connectivity index (χ0n) is 14.5. The summed E-state index contributed by atoms with van der Waals surface area (Å²) < 4.78 is 53.2. The molecule has 0 radical (unpaired) electrons. The van der Waals surface area contributed by atoms with E-state index in [2.05, 4.69) is 5.10 Å². The minimum absolute atomic E-state index is 0.147. The van der Waals surface area contributed by atoms with Crippen molar-refractivity contribution in [1.29, 1.82) is 0 Å². The van der Waals surface area contributed by atoms with Crippen LogP contribution >= 0.6 is 0 Å². The Bertz CT molecular complexity index is 1020. The van der Waals surface area contributed by atoms with Crippen LogP contribution in [0.15, 0.2) is 54.9 Å². The van der Waals surface area contributed by atoms with Crippen LogP contribution < -0.4 is 0 Å². The van der Waals surface area contributed by atoms with Crippen LogP contribution in [0.3, 0.4) is 0 Å². The van der Waals surface area contributed by atoms with Crippen LogP contribution in [-0.2, 0) is 6.18 Å². The van der Waals surface area contributed by atoms with Crippen molar-refractivity contribution in [2.24, 2.45) is 0 Å². The van der Waals surface area contributed by atoms with E-state index in [1.54, 1.807) is 19.0 Å². The first-order chi connectivity index (χ1) is 12.7. The molecule has 0 unspecified atom stereocenters. The highest BCUT2D eigenvalue weighted by Crippen LogP contribution is 2.32. The molecule has 0 aliphatic rings. The van der Waals surface area contributed by atoms with Gasteiger partial charge in [0.1, 0.15) is 11.5 Å². The third kappa shape index (κ3) is 3.84. The van der Waals surface area contributed by atoms with Gasteiger partial charge in [-0.05, 0) is 36.4 Å². The van der Waals surface area contributed by atoms with Crippen molar-refractivity contribution in [2.45, 2.75) is 6.18 Å². The van der Waals surface area contributed by atoms with Gasteiger partial charge in [0.2, 0.25) is 0 Å². The molecule has 8 heteroatoms. The maximum atomic E-state index is 13.2. The van der Waals surface area contributed by atoms with Crippen LogP contribution in [0.5, 0.6) is 0 Å². The van der Waals surface area contributed by atoms with Crippen LogP contribution in [-0.4, -0.2) is 34.4 Å². The summed E-state index contributed by atoms with van der Waals surface area (Å²) in [7, 11) is 3.47. The van der Waals surface area contributed by atoms with E-state index < -0.39 is 23.3 Å². The molecular formula is C19H15F4N3O. The molecule has 140 valence electrons. The van der Waals surface area contributed by atoms with Crippen molar-refractivity contribution >= 4 is 11.3 Å². The highest BCUT2D eigenvalue weighted by Gasteiger charge is 2.31. The highest BCUT2D eigenvalue weighted by atomic mass is 19.4. The number of nitrogens with zero attached hydrogens (tertiary/aromatic N) is 3. The lowest BCUT2D eigenvalue weighted by atomic mass is 10.0. The van der Waals surface area contributed by atoms with Crippen molar-refractivity contribution in [3.8, 4) is 11.3 Å². The number of pyridine rings is 1. The molecule has 0 bridgehead atoms. The van der Waals surface area contributed by atoms with E-state index in [-0.39, 0.29) is 16.8 Å². The molecule has 0 spiro atoms. The van der Waals surface area contributed by atoms with Crippen molar-refractivity contribution in [3.63, 3.8) is 0 Å². The van der Waals surface area contributed by atoms with Gasteiger partial charge in [-0.2, -0.15) is 18.3 Å². The first-order valence-electron chi connectivity index (χ1n) is 7.91. The number of carbonyl (C=O) groups excluding carboxylic acids is 1. The van der Waals surface area contributed by atoms with E-state index in [1.807, 2.05) is 0 Å². The number of allylic oxidation sites excluding steroid dienone is 1. The number of carbonyl (C=O) groups is 1. The second-order valence-corrected chi connectivity index (χ2v) is 6.12. The quantitative estimate of drug-likeness (QED) is 0.384. The molecule has 0 aliphatic heterocycles. The fourth-order valence-electron chi connectivity index (χ4n) is 2.57. The number of rotatable bonds is 4. The molecule has 3 aromatic rings. The van der Waals surface area contributed by atoms with Gasteiger partial charge in [-0.25, -0.2) is 8.91 Å². The molecule has 3 rings (SSSR count). The minimum atomic E-state index is -4.54. The lowest BCUT2D eigenvalue weighted by Crippen LogP contribution is -2.07. The number of hydrogen-bond donors (Lipinski definition) is 0. The van der Waals surface area contributed by atoms with Crippen LogP contribution in [0.1, 0.15) is 15.9 Å². The Balaban J connectivity index is 2.23. The smallest absolute Gasteiger partial charge is 0.383 e. The van der Waals surface area contributed by atoms with Crippen LogP contribution in [0.2, 0.25) is 0 Å². The third-order valence-corrected chi connectivity index (χ3v) is 3.85. The number of halogens is 4. The number of hydrogen-bond acceptors (Lipinski definition) is 3. The molecule has 2 heterocycles. The number of benzene rings is 1. The Hall–Kier alpha value is -3.16. The van der Waals surface area contributed by atoms with E-state index in [0.29, 0.717) is 5.56 Å². The van der Waals surface area contributed by atoms with E-state index in [9.17, 15) is 22.4 Å². The summed E-state index contributed by atoms with van der Waals surface area (Å²) in [6, 6.07) is 7.36. The SMILES string of the molecule is CN(C)C=CC(=O)c1c(-c2ccc(F)cc2)nn2cc(C(F)(F)F)ccc12. The molecule has 0 fully saturated rings. The molecule has 0 saturated heterocycles. The number of ketones is 1. The van der Waals surface area contributed by atoms with Gasteiger partial charge < -0.3 is 4.90 Å². The molecule has 0 aliphatic carbocycles. The molecule has 4 nitrogen and oxygen atoms in total. The predicted octanol–water partition coefficient (Wildman–Crippen LogP) is 4.42. The Kier molecular flexibility index (Phi) is 4.73. The summed E-state index contributed by atoms with van der Waals surface area (Å²) in [5.74, 6) is -0.889. The maximum Gasteiger partial charge on any atom is 0.417 e. The van der Waals surface area contributed by atoms with Crippen LogP contribution in [0.25, 0.3) is 16.8 Å². The third-order valence-electron chi connectivity index (χ3n) is 3.85. The number of aromatic nitrogens is 2. The average Bonchev–Trinajstić information content (AvgIpc) is 2.98. The van der Waals surface area contributed by atoms with Gasteiger partial charge in [-0.1, -0.05) is 0 Å². The fourth-order valence-corrected chi connectivity index (χ4v) is 2.57. The predicted molar refractivity (Wildman–Crippen MR) is 92.7 cm³/mol. The summed E-state index contributed by atoms with van der Waals surface area (Å²) in [5.41, 5.74) is 0.105. The van der Waals surface area contributed by atoms with E-state index >= 15 is 0 Å². The second-order valence-electron chi connectivity index (χ2n) is 6.12. The van der Waals surface area contributed by atoms with Gasteiger partial charge >= 0.3 is 6.18 Å². The normalized spacial score (nSPS) is 12.1. The topological polar surface area (TPSA) is 37.6 Å². The van der Waals surface area contributed by atoms with Crippen molar-refractivity contribution in [3.05, 3.63) is 71.8 Å². The van der Waals surface area contributed by atoms with E-state index in [0.717, 1.165) is 16.8 Å². The number of fused-ring (bicyclic) bond motifs is 1. The van der Waals surface area contributed by atoms with Gasteiger partial charge in [0.05, 0.1) is 16.6 Å². The largest absolute Gasteiger partial charge is 0.417 e. The highest BCUT2D eigenvalue weighted by molar-refractivity contribution is 6.13. The molecule has 0 atom stereocenters. The monoisotopic (exact) mass is 377 g/mol. The molecule has 0 N–H and O–H groups in total. The zero-order valence-corrected chi connectivity index (χ0v) is 14.5. The first-order valence-corrected chi connectivity index (χ1v) is 7.91. The summed E-state index contributed by atoms with van der Waals surface area (Å²) in [6.45, 7) is 0. The van der Waals surface area contributed by atoms with E-state index in [1.165, 1.54) is 42.6 Å². The van der Waals surface area contributed by atoms with Crippen molar-refractivity contribution < 1.29 is 22.4 Å². The Morgan fingerprint density at radius 2 is 1.78 bits per heavy atom. The molecular weight excluding hydrogens is 362 g/mol.